The number of anilines is 1. The molecule has 0 bridgehead atoms. The molecule has 30 heavy (non-hydrogen) atoms. The van der Waals surface area contributed by atoms with Gasteiger partial charge in [0.05, 0.1) is 17.2 Å². The van der Waals surface area contributed by atoms with E-state index in [0.29, 0.717) is 38.7 Å². The van der Waals surface area contributed by atoms with Crippen LogP contribution in [0.3, 0.4) is 0 Å². The summed E-state index contributed by atoms with van der Waals surface area (Å²) < 4.78 is 10.7. The Morgan fingerprint density at radius 2 is 1.97 bits per heavy atom. The Hall–Kier alpha value is -2.61. The van der Waals surface area contributed by atoms with E-state index in [1.165, 1.54) is 25.4 Å². The van der Waals surface area contributed by atoms with Crippen LogP contribution in [-0.2, 0) is 11.2 Å². The van der Waals surface area contributed by atoms with Gasteiger partial charge in [0.2, 0.25) is 0 Å². The van der Waals surface area contributed by atoms with E-state index >= 15 is 0 Å². The standard InChI is InChI=1S/C21H18Cl2N2O4S/c1-12(26)13-6-7-17(18(9-13)28-2)29-11-19(27)25-21-24-10-15(30-21)8-14-4-3-5-16(22)20(14)23/h3-7,9-10H,8,11H2,1-2H3,(H,24,25,27). The molecule has 0 radical (unpaired) electrons. The number of hydrogen-bond acceptors (Lipinski definition) is 6. The third kappa shape index (κ3) is 5.50. The molecule has 0 spiro atoms. The monoisotopic (exact) mass is 464 g/mol. The molecule has 1 aromatic heterocycles. The number of rotatable bonds is 8. The van der Waals surface area contributed by atoms with Crippen molar-refractivity contribution < 1.29 is 19.1 Å². The maximum Gasteiger partial charge on any atom is 0.264 e. The van der Waals surface area contributed by atoms with Crippen LogP contribution in [0.4, 0.5) is 5.13 Å². The lowest BCUT2D eigenvalue weighted by molar-refractivity contribution is -0.118. The molecule has 2 aromatic carbocycles. The fourth-order valence-corrected chi connectivity index (χ4v) is 3.86. The summed E-state index contributed by atoms with van der Waals surface area (Å²) in [6, 6.07) is 10.2. The molecule has 0 saturated heterocycles. The van der Waals surface area contributed by atoms with Crippen molar-refractivity contribution >= 4 is 51.4 Å². The zero-order valence-electron chi connectivity index (χ0n) is 16.2. The molecule has 9 heteroatoms. The largest absolute Gasteiger partial charge is 0.493 e. The van der Waals surface area contributed by atoms with E-state index in [0.717, 1.165) is 10.4 Å². The van der Waals surface area contributed by atoms with E-state index in [2.05, 4.69) is 10.3 Å². The molecular weight excluding hydrogens is 447 g/mol. The fraction of sp³-hybridized carbons (Fsp3) is 0.190. The summed E-state index contributed by atoms with van der Waals surface area (Å²) in [5.74, 6) is 0.295. The van der Waals surface area contributed by atoms with Crippen molar-refractivity contribution in [2.24, 2.45) is 0 Å². The van der Waals surface area contributed by atoms with Crippen molar-refractivity contribution in [2.75, 3.05) is 19.0 Å². The maximum absolute atomic E-state index is 12.2. The van der Waals surface area contributed by atoms with Gasteiger partial charge in [-0.25, -0.2) is 4.98 Å². The minimum atomic E-state index is -0.366. The van der Waals surface area contributed by atoms with Crippen LogP contribution in [0.25, 0.3) is 0 Å². The Bertz CT molecular complexity index is 1080. The Labute approximate surface area is 187 Å². The number of halogens is 2. The van der Waals surface area contributed by atoms with Gasteiger partial charge in [0.1, 0.15) is 0 Å². The van der Waals surface area contributed by atoms with Gasteiger partial charge in [0.25, 0.3) is 5.91 Å². The summed E-state index contributed by atoms with van der Waals surface area (Å²) in [5.41, 5.74) is 1.38. The predicted octanol–water partition coefficient (Wildman–Crippen LogP) is 5.27. The number of Topliss-reactive ketones (excluding diaryl/α,β-unsaturated/α-hetero) is 1. The lowest BCUT2D eigenvalue weighted by Crippen LogP contribution is -2.20. The highest BCUT2D eigenvalue weighted by atomic mass is 35.5. The van der Waals surface area contributed by atoms with E-state index in [9.17, 15) is 9.59 Å². The van der Waals surface area contributed by atoms with Crippen LogP contribution in [0.1, 0.15) is 27.7 Å². The molecule has 0 saturated carbocycles. The van der Waals surface area contributed by atoms with Gasteiger partial charge < -0.3 is 9.47 Å². The zero-order valence-corrected chi connectivity index (χ0v) is 18.5. The summed E-state index contributed by atoms with van der Waals surface area (Å²) in [5, 5.41) is 4.16. The van der Waals surface area contributed by atoms with Gasteiger partial charge >= 0.3 is 0 Å². The molecule has 1 heterocycles. The van der Waals surface area contributed by atoms with Crippen LogP contribution >= 0.6 is 34.5 Å². The number of ether oxygens (including phenoxy) is 2. The van der Waals surface area contributed by atoms with Crippen LogP contribution < -0.4 is 14.8 Å². The molecular formula is C21H18Cl2N2O4S. The first-order chi connectivity index (χ1) is 14.4. The number of carbonyl (C=O) groups excluding carboxylic acids is 2. The quantitative estimate of drug-likeness (QED) is 0.459. The van der Waals surface area contributed by atoms with Crippen molar-refractivity contribution in [3.8, 4) is 11.5 Å². The number of carbonyl (C=O) groups is 2. The van der Waals surface area contributed by atoms with Crippen LogP contribution in [0.5, 0.6) is 11.5 Å². The summed E-state index contributed by atoms with van der Waals surface area (Å²) in [6.07, 6.45) is 2.24. The normalized spacial score (nSPS) is 10.5. The number of hydrogen-bond donors (Lipinski definition) is 1. The number of amides is 1. The van der Waals surface area contributed by atoms with E-state index in [1.807, 2.05) is 12.1 Å². The molecule has 1 amide bonds. The van der Waals surface area contributed by atoms with Gasteiger partial charge in [-0.2, -0.15) is 0 Å². The lowest BCUT2D eigenvalue weighted by atomic mass is 10.1. The molecule has 3 aromatic rings. The number of ketones is 1. The third-order valence-electron chi connectivity index (χ3n) is 4.13. The highest BCUT2D eigenvalue weighted by molar-refractivity contribution is 7.15. The first-order valence-electron chi connectivity index (χ1n) is 8.86. The molecule has 6 nitrogen and oxygen atoms in total. The first kappa shape index (κ1) is 22.1. The second kappa shape index (κ2) is 9.93. The molecule has 0 aliphatic carbocycles. The Morgan fingerprint density at radius 1 is 1.17 bits per heavy atom. The fourth-order valence-electron chi connectivity index (χ4n) is 2.62. The number of aromatic nitrogens is 1. The van der Waals surface area contributed by atoms with Gasteiger partial charge in [0, 0.05) is 23.1 Å². The van der Waals surface area contributed by atoms with Crippen molar-refractivity contribution in [3.05, 3.63) is 68.6 Å². The van der Waals surface area contributed by atoms with Gasteiger partial charge in [0.15, 0.2) is 29.0 Å². The summed E-state index contributed by atoms with van der Waals surface area (Å²) in [6.45, 7) is 1.23. The Kier molecular flexibility index (Phi) is 7.31. The molecule has 3 rings (SSSR count). The van der Waals surface area contributed by atoms with E-state index < -0.39 is 0 Å². The Balaban J connectivity index is 1.58. The van der Waals surface area contributed by atoms with Crippen molar-refractivity contribution in [3.63, 3.8) is 0 Å². The topological polar surface area (TPSA) is 77.5 Å². The number of thiazole rings is 1. The highest BCUT2D eigenvalue weighted by Crippen LogP contribution is 2.30. The van der Waals surface area contributed by atoms with Crippen LogP contribution in [0.15, 0.2) is 42.6 Å². The van der Waals surface area contributed by atoms with Crippen molar-refractivity contribution in [1.82, 2.24) is 4.98 Å². The minimum Gasteiger partial charge on any atom is -0.493 e. The molecule has 0 atom stereocenters. The minimum absolute atomic E-state index is 0.0868. The lowest BCUT2D eigenvalue weighted by Gasteiger charge is -2.11. The third-order valence-corrected chi connectivity index (χ3v) is 5.90. The number of nitrogens with zero attached hydrogens (tertiary/aromatic N) is 1. The average Bonchev–Trinajstić information content (AvgIpc) is 3.16. The molecule has 0 aliphatic rings. The zero-order chi connectivity index (χ0) is 21.7. The first-order valence-corrected chi connectivity index (χ1v) is 10.4. The van der Waals surface area contributed by atoms with Gasteiger partial charge in [-0.1, -0.05) is 35.3 Å². The summed E-state index contributed by atoms with van der Waals surface area (Å²) in [7, 11) is 1.47. The van der Waals surface area contributed by atoms with Crippen LogP contribution in [0, 0.1) is 0 Å². The summed E-state index contributed by atoms with van der Waals surface area (Å²) >= 11 is 13.6. The van der Waals surface area contributed by atoms with E-state index in [1.54, 1.807) is 30.5 Å². The molecule has 0 fully saturated rings. The molecule has 0 aliphatic heterocycles. The van der Waals surface area contributed by atoms with Gasteiger partial charge in [-0.3, -0.25) is 14.9 Å². The molecule has 156 valence electrons. The van der Waals surface area contributed by atoms with Gasteiger partial charge in [-0.15, -0.1) is 11.3 Å². The highest BCUT2D eigenvalue weighted by Gasteiger charge is 2.13. The molecule has 1 N–H and O–H groups in total. The summed E-state index contributed by atoms with van der Waals surface area (Å²) in [4.78, 5) is 28.8. The Morgan fingerprint density at radius 3 is 2.70 bits per heavy atom. The number of methoxy groups -OCH3 is 1. The number of benzene rings is 2. The SMILES string of the molecule is COc1cc(C(C)=O)ccc1OCC(=O)Nc1ncc(Cc2cccc(Cl)c2Cl)s1. The van der Waals surface area contributed by atoms with E-state index in [-0.39, 0.29) is 18.3 Å². The van der Waals surface area contributed by atoms with Gasteiger partial charge in [-0.05, 0) is 36.8 Å². The second-order valence-corrected chi connectivity index (χ2v) is 8.18. The molecule has 0 unspecified atom stereocenters. The van der Waals surface area contributed by atoms with Crippen molar-refractivity contribution in [2.45, 2.75) is 13.3 Å². The van der Waals surface area contributed by atoms with E-state index in [4.69, 9.17) is 32.7 Å². The number of nitrogens with one attached hydrogen (secondary N) is 1. The van der Waals surface area contributed by atoms with Crippen LogP contribution in [-0.4, -0.2) is 30.4 Å². The average molecular weight is 465 g/mol. The maximum atomic E-state index is 12.2. The second-order valence-electron chi connectivity index (χ2n) is 6.28. The van der Waals surface area contributed by atoms with Crippen molar-refractivity contribution in [1.29, 1.82) is 0 Å². The van der Waals surface area contributed by atoms with Crippen LogP contribution in [0.2, 0.25) is 10.0 Å². The smallest absolute Gasteiger partial charge is 0.264 e. The predicted molar refractivity (Wildman–Crippen MR) is 119 cm³/mol.